The molecule has 0 spiro atoms. The highest BCUT2D eigenvalue weighted by molar-refractivity contribution is 8.00. The van der Waals surface area contributed by atoms with Crippen molar-refractivity contribution in [2.45, 2.75) is 11.4 Å². The maximum atomic E-state index is 12.9. The number of thioether (sulfide) groups is 1. The highest BCUT2D eigenvalue weighted by Crippen LogP contribution is 2.44. The molecule has 1 fully saturated rings. The molecule has 2 amide bonds. The minimum atomic E-state index is -1.25. The first-order valence-corrected chi connectivity index (χ1v) is 12.0. The maximum Gasteiger partial charge on any atom is 0.353 e. The molecule has 0 radical (unpaired) electrons. The van der Waals surface area contributed by atoms with Gasteiger partial charge in [0.05, 0.1) is 0 Å². The molecule has 2 aromatic rings. The van der Waals surface area contributed by atoms with E-state index in [0.717, 1.165) is 11.3 Å². The molecule has 2 aromatic heterocycles. The molecule has 16 heteroatoms. The van der Waals surface area contributed by atoms with Gasteiger partial charge in [0.25, 0.3) is 11.8 Å². The monoisotopic (exact) mass is 510 g/mol. The highest BCUT2D eigenvalue weighted by atomic mass is 32.2. The number of hydrogen-bond acceptors (Lipinski definition) is 13. The lowest BCUT2D eigenvalue weighted by atomic mass is 10.0. The molecule has 0 aromatic carbocycles. The molecule has 4 rings (SSSR count). The number of nitrogen functional groups attached to an aromatic ring is 1. The van der Waals surface area contributed by atoms with E-state index in [4.69, 9.17) is 10.6 Å². The number of oxime groups is 1. The molecule has 0 saturated carbocycles. The molecule has 2 aliphatic rings. The molecule has 0 aliphatic carbocycles. The summed E-state index contributed by atoms with van der Waals surface area (Å²) in [7, 11) is 4.88. The lowest BCUT2D eigenvalue weighted by molar-refractivity contribution is -0.149. The van der Waals surface area contributed by atoms with Crippen molar-refractivity contribution >= 4 is 73.8 Å². The number of carbonyl (C=O) groups is 3. The summed E-state index contributed by atoms with van der Waals surface area (Å²) < 4.78 is 0. The Balaban J connectivity index is 1.57. The highest BCUT2D eigenvalue weighted by Gasteiger charge is 2.55. The predicted molar refractivity (Wildman–Crippen MR) is 124 cm³/mol. The zero-order valence-electron chi connectivity index (χ0n) is 17.5. The van der Waals surface area contributed by atoms with Crippen LogP contribution in [0.5, 0.6) is 0 Å². The lowest BCUT2D eigenvalue weighted by Crippen LogP contribution is -2.71. The SMILES string of the molecule is CON=C(C(=O)NC1C(=O)N2C(C(=O)O)=C(c3nnc(N(C)C)s3)CS[C@@H]12)c1csc(N)n1. The fourth-order valence-electron chi connectivity index (χ4n) is 3.20. The van der Waals surface area contributed by atoms with Gasteiger partial charge >= 0.3 is 5.97 Å². The van der Waals surface area contributed by atoms with Gasteiger partial charge < -0.3 is 25.9 Å². The summed E-state index contributed by atoms with van der Waals surface area (Å²) in [5.74, 6) is -2.21. The molecule has 2 atom stereocenters. The summed E-state index contributed by atoms with van der Waals surface area (Å²) in [5, 5.41) is 26.5. The van der Waals surface area contributed by atoms with Crippen LogP contribution in [0.15, 0.2) is 16.2 Å². The van der Waals surface area contributed by atoms with Gasteiger partial charge in [-0.15, -0.1) is 33.3 Å². The van der Waals surface area contributed by atoms with Crippen molar-refractivity contribution in [1.29, 1.82) is 0 Å². The third kappa shape index (κ3) is 4.11. The molecule has 1 saturated heterocycles. The second kappa shape index (κ2) is 8.95. The van der Waals surface area contributed by atoms with E-state index in [0.29, 0.717) is 15.7 Å². The summed E-state index contributed by atoms with van der Waals surface area (Å²) >= 11 is 3.68. The van der Waals surface area contributed by atoms with Crippen LogP contribution in [-0.4, -0.2) is 87.1 Å². The van der Waals surface area contributed by atoms with E-state index in [1.54, 1.807) is 24.4 Å². The Morgan fingerprint density at radius 1 is 1.39 bits per heavy atom. The van der Waals surface area contributed by atoms with Gasteiger partial charge in [0.2, 0.25) is 5.13 Å². The number of aliphatic carboxylic acids is 1. The number of thiazole rings is 1. The fraction of sp³-hybridized carbons (Fsp3) is 0.353. The van der Waals surface area contributed by atoms with Crippen molar-refractivity contribution in [1.82, 2.24) is 25.4 Å². The number of fused-ring (bicyclic) bond motifs is 1. The van der Waals surface area contributed by atoms with Crippen molar-refractivity contribution in [3.8, 4) is 0 Å². The van der Waals surface area contributed by atoms with Crippen LogP contribution < -0.4 is 16.0 Å². The van der Waals surface area contributed by atoms with Crippen molar-refractivity contribution < 1.29 is 24.3 Å². The largest absolute Gasteiger partial charge is 0.477 e. The van der Waals surface area contributed by atoms with Gasteiger partial charge in [0.1, 0.15) is 34.9 Å². The van der Waals surface area contributed by atoms with Crippen LogP contribution >= 0.6 is 34.4 Å². The number of amides is 2. The predicted octanol–water partition coefficient (Wildman–Crippen LogP) is -0.111. The topological polar surface area (TPSA) is 176 Å². The van der Waals surface area contributed by atoms with E-state index in [2.05, 4.69) is 25.7 Å². The average Bonchev–Trinajstić information content (AvgIpc) is 3.43. The Morgan fingerprint density at radius 2 is 2.15 bits per heavy atom. The second-order valence-electron chi connectivity index (χ2n) is 6.97. The van der Waals surface area contributed by atoms with Crippen molar-refractivity contribution in [2.24, 2.45) is 5.16 Å². The molecule has 0 bridgehead atoms. The number of aromatic nitrogens is 3. The van der Waals surface area contributed by atoms with Crippen molar-refractivity contribution in [2.75, 3.05) is 37.6 Å². The van der Waals surface area contributed by atoms with Gasteiger partial charge in [-0.1, -0.05) is 16.5 Å². The number of nitrogens with two attached hydrogens (primary N) is 1. The Morgan fingerprint density at radius 3 is 2.73 bits per heavy atom. The van der Waals surface area contributed by atoms with E-state index in [1.165, 1.54) is 35.1 Å². The molecular weight excluding hydrogens is 492 g/mol. The maximum absolute atomic E-state index is 12.9. The molecule has 4 heterocycles. The molecule has 4 N–H and O–H groups in total. The standard InChI is InChI=1S/C17H18N8O5S3/c1-24(2)17-22-21-12(33-17)6-4-31-14-9(13(27)25(14)10(6)15(28)29)20-11(26)8(23-30-3)7-5-32-16(18)19-7/h5,9,14H,4H2,1-3H3,(H2,18,19)(H,20,26)(H,28,29)/t9?,14-/m0/s1. The number of nitrogens with one attached hydrogen (secondary N) is 1. The third-order valence-electron chi connectivity index (χ3n) is 4.67. The van der Waals surface area contributed by atoms with Gasteiger partial charge in [0.15, 0.2) is 10.8 Å². The number of rotatable bonds is 7. The number of carbonyl (C=O) groups excluding carboxylic acids is 2. The van der Waals surface area contributed by atoms with Crippen LogP contribution in [0.4, 0.5) is 10.3 Å². The van der Waals surface area contributed by atoms with Gasteiger partial charge in [-0.2, -0.15) is 0 Å². The molecular formula is C17H18N8O5S3. The van der Waals surface area contributed by atoms with Crippen LogP contribution in [0.1, 0.15) is 10.7 Å². The Labute approximate surface area is 199 Å². The van der Waals surface area contributed by atoms with Crippen molar-refractivity contribution in [3.05, 3.63) is 21.8 Å². The van der Waals surface area contributed by atoms with E-state index in [9.17, 15) is 19.5 Å². The quantitative estimate of drug-likeness (QED) is 0.257. The Bertz CT molecular complexity index is 1190. The zero-order chi connectivity index (χ0) is 23.9. The van der Waals surface area contributed by atoms with Gasteiger partial charge in [-0.3, -0.25) is 14.5 Å². The number of nitrogens with zero attached hydrogens (tertiary/aromatic N) is 6. The van der Waals surface area contributed by atoms with E-state index < -0.39 is 29.2 Å². The Kier molecular flexibility index (Phi) is 6.22. The number of carboxylic acids is 1. The lowest BCUT2D eigenvalue weighted by Gasteiger charge is -2.49. The molecule has 2 aliphatic heterocycles. The molecule has 33 heavy (non-hydrogen) atoms. The normalized spacial score (nSPS) is 20.3. The minimum absolute atomic E-state index is 0.141. The van der Waals surface area contributed by atoms with Crippen LogP contribution in [0.3, 0.4) is 0 Å². The summed E-state index contributed by atoms with van der Waals surface area (Å²) in [6.45, 7) is 0. The van der Waals surface area contributed by atoms with Gasteiger partial charge in [-0.05, 0) is 0 Å². The average molecular weight is 511 g/mol. The summed E-state index contributed by atoms with van der Waals surface area (Å²) in [6, 6.07) is -0.941. The first kappa shape index (κ1) is 22.9. The first-order valence-electron chi connectivity index (χ1n) is 9.28. The third-order valence-corrected chi connectivity index (χ3v) is 7.78. The minimum Gasteiger partial charge on any atom is -0.477 e. The fourth-order valence-corrected chi connectivity index (χ4v) is 6.00. The van der Waals surface area contributed by atoms with E-state index in [1.807, 2.05) is 0 Å². The zero-order valence-corrected chi connectivity index (χ0v) is 20.0. The van der Waals surface area contributed by atoms with Crippen LogP contribution in [-0.2, 0) is 19.2 Å². The van der Waals surface area contributed by atoms with Crippen LogP contribution in [0, 0.1) is 0 Å². The van der Waals surface area contributed by atoms with Crippen LogP contribution in [0.25, 0.3) is 5.57 Å². The number of hydrogen-bond donors (Lipinski definition) is 3. The van der Waals surface area contributed by atoms with E-state index >= 15 is 0 Å². The summed E-state index contributed by atoms with van der Waals surface area (Å²) in [6.07, 6.45) is 0. The number of anilines is 2. The molecule has 174 valence electrons. The molecule has 1 unspecified atom stereocenters. The summed E-state index contributed by atoms with van der Waals surface area (Å²) in [5.41, 5.74) is 5.94. The number of carboxylic acid groups (broad SMARTS) is 1. The smallest absolute Gasteiger partial charge is 0.353 e. The van der Waals surface area contributed by atoms with E-state index in [-0.39, 0.29) is 28.0 Å². The van der Waals surface area contributed by atoms with Gasteiger partial charge in [0, 0.05) is 30.8 Å². The Hall–Kier alpha value is -3.24. The van der Waals surface area contributed by atoms with Crippen molar-refractivity contribution in [3.63, 3.8) is 0 Å². The number of β-lactam (4-membered cyclic amide) rings is 1. The van der Waals surface area contributed by atoms with Gasteiger partial charge in [-0.25, -0.2) is 9.78 Å². The second-order valence-corrected chi connectivity index (χ2v) is 9.92. The first-order chi connectivity index (χ1) is 15.7. The molecule has 13 nitrogen and oxygen atoms in total. The summed E-state index contributed by atoms with van der Waals surface area (Å²) in [4.78, 5) is 49.5. The van der Waals surface area contributed by atoms with Crippen LogP contribution in [0.2, 0.25) is 0 Å².